The molecule has 0 aromatic heterocycles. The lowest BCUT2D eigenvalue weighted by atomic mass is 9.82. The van der Waals surface area contributed by atoms with E-state index in [0.29, 0.717) is 5.41 Å². The number of nitrogens with zero attached hydrogens (tertiary/aromatic N) is 2. The van der Waals surface area contributed by atoms with Crippen LogP contribution in [0.25, 0.3) is 0 Å². The number of hydrogen-bond acceptors (Lipinski definition) is 3. The molecule has 86 valence electrons. The number of carbonyl (C=O) groups excluding carboxylic acids is 1. The van der Waals surface area contributed by atoms with E-state index in [1.165, 1.54) is 0 Å². The van der Waals surface area contributed by atoms with Gasteiger partial charge in [0, 0.05) is 13.1 Å². The van der Waals surface area contributed by atoms with Crippen molar-refractivity contribution in [2.24, 2.45) is 16.3 Å². The molecule has 1 fully saturated rings. The van der Waals surface area contributed by atoms with Crippen LogP contribution in [0, 0.1) is 5.41 Å². The van der Waals surface area contributed by atoms with Crippen molar-refractivity contribution in [2.45, 2.75) is 33.1 Å². The van der Waals surface area contributed by atoms with E-state index in [0.717, 1.165) is 25.9 Å². The third kappa shape index (κ3) is 3.42. The van der Waals surface area contributed by atoms with Gasteiger partial charge in [-0.25, -0.2) is 0 Å². The summed E-state index contributed by atoms with van der Waals surface area (Å²) in [6, 6.07) is 0. The fourth-order valence-corrected chi connectivity index (χ4v) is 1.66. The Hall–Kier alpha value is -1.26. The first-order valence-electron chi connectivity index (χ1n) is 5.19. The molecule has 0 aliphatic carbocycles. The summed E-state index contributed by atoms with van der Waals surface area (Å²) in [4.78, 5) is 13.4. The number of nitrogens with two attached hydrogens (primary N) is 1. The minimum atomic E-state index is -0.0548. The molecule has 1 aliphatic rings. The Kier molecular flexibility index (Phi) is 3.55. The van der Waals surface area contributed by atoms with Crippen LogP contribution < -0.4 is 5.73 Å². The zero-order chi connectivity index (χ0) is 11.5. The van der Waals surface area contributed by atoms with Crippen molar-refractivity contribution in [3.63, 3.8) is 0 Å². The molecular formula is C10H19N3O2. The number of carbonyl (C=O) groups is 1. The van der Waals surface area contributed by atoms with Crippen LogP contribution in [0.15, 0.2) is 5.16 Å². The first-order valence-corrected chi connectivity index (χ1v) is 5.19. The SMILES string of the molecule is CC1(C)CCN(C(=O)CC(N)=NO)CC1. The number of hydrogen-bond donors (Lipinski definition) is 2. The van der Waals surface area contributed by atoms with Gasteiger partial charge < -0.3 is 15.8 Å². The third-order valence-electron chi connectivity index (χ3n) is 2.93. The van der Waals surface area contributed by atoms with Crippen molar-refractivity contribution >= 4 is 11.7 Å². The quantitative estimate of drug-likeness (QED) is 0.308. The van der Waals surface area contributed by atoms with E-state index < -0.39 is 0 Å². The Morgan fingerprint density at radius 2 is 2.00 bits per heavy atom. The molecular weight excluding hydrogens is 194 g/mol. The Bertz CT molecular complexity index is 264. The van der Waals surface area contributed by atoms with Gasteiger partial charge in [0.25, 0.3) is 0 Å². The second kappa shape index (κ2) is 4.51. The van der Waals surface area contributed by atoms with Crippen LogP contribution in [0.3, 0.4) is 0 Å². The summed E-state index contributed by atoms with van der Waals surface area (Å²) in [5, 5.41) is 11.2. The number of amides is 1. The maximum Gasteiger partial charge on any atom is 0.230 e. The van der Waals surface area contributed by atoms with Crippen LogP contribution in [0.5, 0.6) is 0 Å². The predicted octanol–water partition coefficient (Wildman–Crippen LogP) is 0.771. The summed E-state index contributed by atoms with van der Waals surface area (Å²) in [6.07, 6.45) is 2.03. The van der Waals surface area contributed by atoms with E-state index in [9.17, 15) is 4.79 Å². The molecule has 5 nitrogen and oxygen atoms in total. The van der Waals surface area contributed by atoms with Crippen LogP contribution in [0.2, 0.25) is 0 Å². The largest absolute Gasteiger partial charge is 0.409 e. The van der Waals surface area contributed by atoms with Gasteiger partial charge in [-0.3, -0.25) is 4.79 Å². The van der Waals surface area contributed by atoms with E-state index in [4.69, 9.17) is 10.9 Å². The lowest BCUT2D eigenvalue weighted by molar-refractivity contribution is -0.131. The van der Waals surface area contributed by atoms with Crippen molar-refractivity contribution in [2.75, 3.05) is 13.1 Å². The van der Waals surface area contributed by atoms with E-state index in [2.05, 4.69) is 19.0 Å². The highest BCUT2D eigenvalue weighted by atomic mass is 16.4. The highest BCUT2D eigenvalue weighted by Gasteiger charge is 2.27. The van der Waals surface area contributed by atoms with E-state index in [1.807, 2.05) is 0 Å². The summed E-state index contributed by atoms with van der Waals surface area (Å²) in [5.74, 6) is -0.0781. The number of likely N-dealkylation sites (tertiary alicyclic amines) is 1. The average Bonchev–Trinajstić information content (AvgIpc) is 2.17. The lowest BCUT2D eigenvalue weighted by Gasteiger charge is -2.36. The van der Waals surface area contributed by atoms with Gasteiger partial charge >= 0.3 is 0 Å². The van der Waals surface area contributed by atoms with Gasteiger partial charge in [-0.15, -0.1) is 0 Å². The molecule has 0 aromatic carbocycles. The number of rotatable bonds is 2. The molecule has 1 rings (SSSR count). The van der Waals surface area contributed by atoms with Crippen molar-refractivity contribution in [3.8, 4) is 0 Å². The molecule has 0 atom stereocenters. The second-order valence-electron chi connectivity index (χ2n) is 4.81. The first kappa shape index (κ1) is 11.8. The Morgan fingerprint density at radius 3 is 2.47 bits per heavy atom. The van der Waals surface area contributed by atoms with Gasteiger partial charge in [-0.05, 0) is 18.3 Å². The van der Waals surface area contributed by atoms with E-state index in [1.54, 1.807) is 4.90 Å². The molecule has 1 aliphatic heterocycles. The van der Waals surface area contributed by atoms with Crippen molar-refractivity contribution in [1.82, 2.24) is 4.90 Å². The Morgan fingerprint density at radius 1 is 1.47 bits per heavy atom. The zero-order valence-electron chi connectivity index (χ0n) is 9.36. The van der Waals surface area contributed by atoms with Crippen LogP contribution in [-0.2, 0) is 4.79 Å². The number of piperidine rings is 1. The van der Waals surface area contributed by atoms with Crippen molar-refractivity contribution in [1.29, 1.82) is 0 Å². The Balaban J connectivity index is 2.43. The van der Waals surface area contributed by atoms with Crippen LogP contribution in [0.4, 0.5) is 0 Å². The molecule has 1 amide bonds. The normalized spacial score (nSPS) is 21.5. The molecule has 0 aromatic rings. The summed E-state index contributed by atoms with van der Waals surface area (Å²) in [7, 11) is 0. The highest BCUT2D eigenvalue weighted by molar-refractivity contribution is 5.98. The van der Waals surface area contributed by atoms with E-state index in [-0.39, 0.29) is 18.2 Å². The summed E-state index contributed by atoms with van der Waals surface area (Å²) in [5.41, 5.74) is 5.61. The molecule has 0 unspecified atom stereocenters. The molecule has 0 spiro atoms. The van der Waals surface area contributed by atoms with Crippen LogP contribution in [0.1, 0.15) is 33.1 Å². The number of amidine groups is 1. The standard InChI is InChI=1S/C10H19N3O2/c1-10(2)3-5-13(6-4-10)9(14)7-8(11)12-15/h15H,3-7H2,1-2H3,(H2,11,12). The molecule has 3 N–H and O–H groups in total. The molecule has 0 bridgehead atoms. The monoisotopic (exact) mass is 213 g/mol. The molecule has 15 heavy (non-hydrogen) atoms. The van der Waals surface area contributed by atoms with Crippen LogP contribution in [-0.4, -0.2) is 34.9 Å². The fraction of sp³-hybridized carbons (Fsp3) is 0.800. The molecule has 0 saturated carbocycles. The lowest BCUT2D eigenvalue weighted by Crippen LogP contribution is -2.42. The number of oxime groups is 1. The second-order valence-corrected chi connectivity index (χ2v) is 4.81. The van der Waals surface area contributed by atoms with Gasteiger partial charge in [0.15, 0.2) is 0 Å². The topological polar surface area (TPSA) is 78.9 Å². The molecule has 1 saturated heterocycles. The average molecular weight is 213 g/mol. The summed E-state index contributed by atoms with van der Waals surface area (Å²) < 4.78 is 0. The maximum absolute atomic E-state index is 11.6. The molecule has 0 radical (unpaired) electrons. The predicted molar refractivity (Wildman–Crippen MR) is 57.6 cm³/mol. The van der Waals surface area contributed by atoms with Crippen molar-refractivity contribution < 1.29 is 10.0 Å². The zero-order valence-corrected chi connectivity index (χ0v) is 9.36. The Labute approximate surface area is 89.9 Å². The molecule has 1 heterocycles. The highest BCUT2D eigenvalue weighted by Crippen LogP contribution is 2.29. The smallest absolute Gasteiger partial charge is 0.230 e. The fourth-order valence-electron chi connectivity index (χ4n) is 1.66. The van der Waals surface area contributed by atoms with Gasteiger partial charge in [0.05, 0.1) is 6.42 Å². The third-order valence-corrected chi connectivity index (χ3v) is 2.93. The molecule has 5 heteroatoms. The minimum absolute atomic E-state index is 0.0108. The summed E-state index contributed by atoms with van der Waals surface area (Å²) >= 11 is 0. The van der Waals surface area contributed by atoms with Gasteiger partial charge in [0.2, 0.25) is 5.91 Å². The van der Waals surface area contributed by atoms with Crippen LogP contribution >= 0.6 is 0 Å². The first-order chi connectivity index (χ1) is 6.94. The van der Waals surface area contributed by atoms with E-state index >= 15 is 0 Å². The van der Waals surface area contributed by atoms with Gasteiger partial charge in [0.1, 0.15) is 5.84 Å². The van der Waals surface area contributed by atoms with Crippen molar-refractivity contribution in [3.05, 3.63) is 0 Å². The van der Waals surface area contributed by atoms with Gasteiger partial charge in [-0.1, -0.05) is 19.0 Å². The minimum Gasteiger partial charge on any atom is -0.409 e. The maximum atomic E-state index is 11.6. The summed E-state index contributed by atoms with van der Waals surface area (Å²) in [6.45, 7) is 5.95. The van der Waals surface area contributed by atoms with Gasteiger partial charge in [-0.2, -0.15) is 0 Å².